The molecular formula is C24H23FN8O. The third kappa shape index (κ3) is 4.56. The van der Waals surface area contributed by atoms with Gasteiger partial charge in [0.1, 0.15) is 11.5 Å². The van der Waals surface area contributed by atoms with E-state index >= 15 is 0 Å². The van der Waals surface area contributed by atoms with Gasteiger partial charge < -0.3 is 15.1 Å². The molecule has 1 aliphatic rings. The van der Waals surface area contributed by atoms with Crippen molar-refractivity contribution in [3.8, 4) is 11.3 Å². The lowest BCUT2D eigenvalue weighted by Gasteiger charge is -2.35. The van der Waals surface area contributed by atoms with E-state index in [-0.39, 0.29) is 11.7 Å². The van der Waals surface area contributed by atoms with Crippen LogP contribution in [-0.4, -0.2) is 61.9 Å². The molecule has 4 heterocycles. The highest BCUT2D eigenvalue weighted by molar-refractivity contribution is 5.94. The lowest BCUT2D eigenvalue weighted by Crippen LogP contribution is -2.49. The molecule has 0 unspecified atom stereocenters. The average molecular weight is 459 g/mol. The fourth-order valence-electron chi connectivity index (χ4n) is 3.87. The van der Waals surface area contributed by atoms with Crippen molar-refractivity contribution in [3.63, 3.8) is 0 Å². The zero-order valence-corrected chi connectivity index (χ0v) is 18.6. The van der Waals surface area contributed by atoms with E-state index in [1.807, 2.05) is 29.2 Å². The SMILES string of the molecule is Cn1nc(-c2ccc(F)cc2)cc1C(=O)N1CCN(c2ccc(Nc3cccnc3)nn2)CC1. The number of anilines is 3. The number of aromatic nitrogens is 5. The van der Waals surface area contributed by atoms with Gasteiger partial charge in [0, 0.05) is 45.0 Å². The van der Waals surface area contributed by atoms with E-state index in [1.54, 1.807) is 42.3 Å². The molecule has 5 rings (SSSR count). The van der Waals surface area contributed by atoms with Crippen LogP contribution in [0.25, 0.3) is 11.3 Å². The van der Waals surface area contributed by atoms with Crippen molar-refractivity contribution in [1.82, 2.24) is 29.9 Å². The number of halogens is 1. The van der Waals surface area contributed by atoms with E-state index in [4.69, 9.17) is 0 Å². The quantitative estimate of drug-likeness (QED) is 0.491. The summed E-state index contributed by atoms with van der Waals surface area (Å²) in [5.74, 6) is 1.02. The van der Waals surface area contributed by atoms with E-state index in [9.17, 15) is 9.18 Å². The standard InChI is InChI=1S/C24H23FN8O/c1-31-21(15-20(30-31)17-4-6-18(25)7-5-17)24(34)33-13-11-32(12-14-33)23-9-8-22(28-29-23)27-19-3-2-10-26-16-19/h2-10,15-16H,11-14H2,1H3,(H,27,28). The predicted molar refractivity (Wildman–Crippen MR) is 126 cm³/mol. The van der Waals surface area contributed by atoms with Crippen LogP contribution in [0, 0.1) is 5.82 Å². The van der Waals surface area contributed by atoms with E-state index in [2.05, 4.69) is 30.5 Å². The Hall–Kier alpha value is -4.34. The van der Waals surface area contributed by atoms with Crippen molar-refractivity contribution in [2.24, 2.45) is 7.05 Å². The van der Waals surface area contributed by atoms with Crippen molar-refractivity contribution < 1.29 is 9.18 Å². The van der Waals surface area contributed by atoms with Crippen LogP contribution in [0.15, 0.2) is 67.0 Å². The van der Waals surface area contributed by atoms with Crippen LogP contribution in [0.4, 0.5) is 21.7 Å². The Morgan fingerprint density at radius 3 is 2.47 bits per heavy atom. The molecule has 0 saturated carbocycles. The summed E-state index contributed by atoms with van der Waals surface area (Å²) in [6, 6.07) is 15.4. The van der Waals surface area contributed by atoms with Crippen molar-refractivity contribution in [3.05, 3.63) is 78.5 Å². The van der Waals surface area contributed by atoms with Gasteiger partial charge in [-0.25, -0.2) is 4.39 Å². The Kier molecular flexibility index (Phi) is 5.86. The Balaban J connectivity index is 1.20. The highest BCUT2D eigenvalue weighted by Crippen LogP contribution is 2.21. The first kappa shape index (κ1) is 21.5. The van der Waals surface area contributed by atoms with Crippen molar-refractivity contribution in [1.29, 1.82) is 0 Å². The molecule has 1 amide bonds. The van der Waals surface area contributed by atoms with Gasteiger partial charge in [0.25, 0.3) is 5.91 Å². The minimum absolute atomic E-state index is 0.0786. The second-order valence-electron chi connectivity index (χ2n) is 7.97. The summed E-state index contributed by atoms with van der Waals surface area (Å²) in [4.78, 5) is 21.1. The molecule has 1 fully saturated rings. The molecule has 0 spiro atoms. The molecule has 0 bridgehead atoms. The smallest absolute Gasteiger partial charge is 0.272 e. The molecule has 1 N–H and O–H groups in total. The molecule has 0 atom stereocenters. The summed E-state index contributed by atoms with van der Waals surface area (Å²) < 4.78 is 14.8. The Morgan fingerprint density at radius 2 is 1.79 bits per heavy atom. The normalized spacial score (nSPS) is 13.7. The topological polar surface area (TPSA) is 92.1 Å². The van der Waals surface area contributed by atoms with Crippen molar-refractivity contribution in [2.75, 3.05) is 36.4 Å². The fraction of sp³-hybridized carbons (Fsp3) is 0.208. The van der Waals surface area contributed by atoms with Gasteiger partial charge in [0.2, 0.25) is 0 Å². The number of benzene rings is 1. The maximum Gasteiger partial charge on any atom is 0.272 e. The highest BCUT2D eigenvalue weighted by atomic mass is 19.1. The Labute approximate surface area is 195 Å². The maximum absolute atomic E-state index is 13.2. The maximum atomic E-state index is 13.2. The van der Waals surface area contributed by atoms with Crippen LogP contribution in [0.5, 0.6) is 0 Å². The molecule has 1 aliphatic heterocycles. The largest absolute Gasteiger partial charge is 0.352 e. The molecule has 9 nitrogen and oxygen atoms in total. The van der Waals surface area contributed by atoms with Crippen LogP contribution in [0.2, 0.25) is 0 Å². The fourth-order valence-corrected chi connectivity index (χ4v) is 3.87. The number of amides is 1. The average Bonchev–Trinajstić information content (AvgIpc) is 3.27. The van der Waals surface area contributed by atoms with Crippen molar-refractivity contribution in [2.45, 2.75) is 0 Å². The predicted octanol–water partition coefficient (Wildman–Crippen LogP) is 3.12. The molecule has 1 saturated heterocycles. The summed E-state index contributed by atoms with van der Waals surface area (Å²) >= 11 is 0. The number of piperazine rings is 1. The number of rotatable bonds is 5. The molecule has 4 aromatic rings. The van der Waals surface area contributed by atoms with E-state index < -0.39 is 0 Å². The summed E-state index contributed by atoms with van der Waals surface area (Å²) in [6.45, 7) is 2.43. The second-order valence-corrected chi connectivity index (χ2v) is 7.97. The molecule has 0 aliphatic carbocycles. The van der Waals surface area contributed by atoms with Crippen LogP contribution >= 0.6 is 0 Å². The number of hydrogen-bond acceptors (Lipinski definition) is 7. The van der Waals surface area contributed by atoms with Crippen LogP contribution in [-0.2, 0) is 7.05 Å². The van der Waals surface area contributed by atoms with Gasteiger partial charge >= 0.3 is 0 Å². The molecular weight excluding hydrogens is 435 g/mol. The molecule has 1 aromatic carbocycles. The lowest BCUT2D eigenvalue weighted by atomic mass is 10.1. The van der Waals surface area contributed by atoms with Gasteiger partial charge in [-0.05, 0) is 54.6 Å². The molecule has 0 radical (unpaired) electrons. The lowest BCUT2D eigenvalue weighted by molar-refractivity contribution is 0.0735. The summed E-state index contributed by atoms with van der Waals surface area (Å²) in [5.41, 5.74) is 2.74. The van der Waals surface area contributed by atoms with Gasteiger partial charge in [-0.15, -0.1) is 10.2 Å². The summed E-state index contributed by atoms with van der Waals surface area (Å²) in [6.07, 6.45) is 3.43. The number of carbonyl (C=O) groups excluding carboxylic acids is 1. The second kappa shape index (κ2) is 9.26. The minimum atomic E-state index is -0.307. The van der Waals surface area contributed by atoms with Gasteiger partial charge in [0.15, 0.2) is 11.6 Å². The van der Waals surface area contributed by atoms with Gasteiger partial charge in [-0.1, -0.05) is 0 Å². The Morgan fingerprint density at radius 1 is 1.00 bits per heavy atom. The zero-order chi connectivity index (χ0) is 23.5. The van der Waals surface area contributed by atoms with E-state index in [0.717, 1.165) is 17.1 Å². The third-order valence-corrected chi connectivity index (χ3v) is 5.71. The number of carbonyl (C=O) groups is 1. The van der Waals surface area contributed by atoms with E-state index in [0.29, 0.717) is 43.4 Å². The first-order valence-corrected chi connectivity index (χ1v) is 10.9. The molecule has 172 valence electrons. The number of pyridine rings is 1. The monoisotopic (exact) mass is 458 g/mol. The molecule has 34 heavy (non-hydrogen) atoms. The summed E-state index contributed by atoms with van der Waals surface area (Å²) in [7, 11) is 1.74. The van der Waals surface area contributed by atoms with Crippen LogP contribution in [0.1, 0.15) is 10.5 Å². The number of aryl methyl sites for hydroxylation is 1. The van der Waals surface area contributed by atoms with Gasteiger partial charge in [-0.2, -0.15) is 5.10 Å². The zero-order valence-electron chi connectivity index (χ0n) is 18.6. The first-order chi connectivity index (χ1) is 16.6. The van der Waals surface area contributed by atoms with Gasteiger partial charge in [0.05, 0.1) is 17.6 Å². The van der Waals surface area contributed by atoms with Crippen LogP contribution < -0.4 is 10.2 Å². The Bertz CT molecular complexity index is 1270. The molecule has 3 aromatic heterocycles. The number of nitrogens with zero attached hydrogens (tertiary/aromatic N) is 7. The first-order valence-electron chi connectivity index (χ1n) is 10.9. The summed E-state index contributed by atoms with van der Waals surface area (Å²) in [5, 5.41) is 16.2. The van der Waals surface area contributed by atoms with Crippen LogP contribution in [0.3, 0.4) is 0 Å². The van der Waals surface area contributed by atoms with E-state index in [1.165, 1.54) is 12.1 Å². The highest BCUT2D eigenvalue weighted by Gasteiger charge is 2.25. The third-order valence-electron chi connectivity index (χ3n) is 5.71. The minimum Gasteiger partial charge on any atom is -0.352 e. The van der Waals surface area contributed by atoms with Gasteiger partial charge in [-0.3, -0.25) is 14.5 Å². The number of hydrogen-bond donors (Lipinski definition) is 1. The van der Waals surface area contributed by atoms with Crippen molar-refractivity contribution >= 4 is 23.2 Å². The molecule has 10 heteroatoms. The number of nitrogens with one attached hydrogen (secondary N) is 1.